The van der Waals surface area contributed by atoms with Crippen LogP contribution in [0.1, 0.15) is 65.7 Å². The van der Waals surface area contributed by atoms with Crippen molar-refractivity contribution >= 4 is 17.9 Å². The maximum atomic E-state index is 13.1. The molecule has 3 rings (SSSR count). The molecule has 1 aromatic carbocycles. The number of rotatable bonds is 5. The fourth-order valence-electron chi connectivity index (χ4n) is 3.52. The van der Waals surface area contributed by atoms with Gasteiger partial charge in [-0.05, 0) is 38.5 Å². The summed E-state index contributed by atoms with van der Waals surface area (Å²) in [6.07, 6.45) is -1.17. The minimum Gasteiger partial charge on any atom is -0.444 e. The van der Waals surface area contributed by atoms with Crippen LogP contribution >= 0.6 is 0 Å². The molecule has 0 bridgehead atoms. The van der Waals surface area contributed by atoms with Gasteiger partial charge >= 0.3 is 6.09 Å². The highest BCUT2D eigenvalue weighted by Crippen LogP contribution is 2.24. The van der Waals surface area contributed by atoms with E-state index in [0.717, 1.165) is 5.56 Å². The molecule has 9 nitrogen and oxygen atoms in total. The highest BCUT2D eigenvalue weighted by Gasteiger charge is 2.29. The summed E-state index contributed by atoms with van der Waals surface area (Å²) < 4.78 is 11.1. The van der Waals surface area contributed by atoms with Crippen LogP contribution in [0.15, 0.2) is 42.5 Å². The normalized spacial score (nSPS) is 17.0. The van der Waals surface area contributed by atoms with E-state index in [1.165, 1.54) is 18.0 Å². The van der Waals surface area contributed by atoms with E-state index in [1.54, 1.807) is 26.8 Å². The van der Waals surface area contributed by atoms with Crippen LogP contribution in [0.5, 0.6) is 0 Å². The molecule has 2 aromatic rings. The Labute approximate surface area is 199 Å². The number of hydrogen-bond donors (Lipinski definition) is 2. The maximum absolute atomic E-state index is 13.1. The van der Waals surface area contributed by atoms with Gasteiger partial charge in [0, 0.05) is 30.8 Å². The third kappa shape index (κ3) is 6.54. The van der Waals surface area contributed by atoms with Gasteiger partial charge in [0.1, 0.15) is 17.5 Å². The summed E-state index contributed by atoms with van der Waals surface area (Å²) in [5.74, 6) is -0.947. The lowest BCUT2D eigenvalue weighted by Gasteiger charge is -2.34. The van der Waals surface area contributed by atoms with E-state index in [9.17, 15) is 14.4 Å². The number of benzene rings is 1. The van der Waals surface area contributed by atoms with Crippen molar-refractivity contribution in [2.75, 3.05) is 26.7 Å². The molecule has 9 heteroatoms. The van der Waals surface area contributed by atoms with Gasteiger partial charge in [0.2, 0.25) is 0 Å². The lowest BCUT2D eigenvalue weighted by molar-refractivity contribution is -0.0510. The molecule has 0 spiro atoms. The van der Waals surface area contributed by atoms with Gasteiger partial charge in [-0.15, -0.1) is 0 Å². The van der Waals surface area contributed by atoms with Gasteiger partial charge < -0.3 is 25.0 Å². The second kappa shape index (κ2) is 10.6. The number of morpholine rings is 1. The molecule has 0 radical (unpaired) electrons. The van der Waals surface area contributed by atoms with Gasteiger partial charge in [0.25, 0.3) is 11.8 Å². The molecule has 0 aliphatic carbocycles. The van der Waals surface area contributed by atoms with Crippen molar-refractivity contribution in [1.29, 1.82) is 0 Å². The van der Waals surface area contributed by atoms with Gasteiger partial charge in [-0.3, -0.25) is 9.59 Å². The number of amides is 3. The van der Waals surface area contributed by atoms with E-state index in [0.29, 0.717) is 12.2 Å². The summed E-state index contributed by atoms with van der Waals surface area (Å²) in [5.41, 5.74) is 1.42. The second-order valence-electron chi connectivity index (χ2n) is 9.14. The smallest absolute Gasteiger partial charge is 0.410 e. The number of nitrogens with zero attached hydrogens (tertiary/aromatic N) is 2. The zero-order chi connectivity index (χ0) is 24.9. The Hall–Kier alpha value is -3.46. The van der Waals surface area contributed by atoms with Crippen LogP contribution in [0, 0.1) is 0 Å². The van der Waals surface area contributed by atoms with E-state index in [4.69, 9.17) is 9.47 Å². The van der Waals surface area contributed by atoms with E-state index >= 15 is 0 Å². The highest BCUT2D eigenvalue weighted by atomic mass is 16.6. The van der Waals surface area contributed by atoms with Crippen LogP contribution in [-0.4, -0.2) is 66.4 Å². The highest BCUT2D eigenvalue weighted by molar-refractivity contribution is 5.98. The Morgan fingerprint density at radius 2 is 1.85 bits per heavy atom. The molecule has 0 saturated carbocycles. The summed E-state index contributed by atoms with van der Waals surface area (Å²) in [6, 6.07) is 12.9. The number of nitrogens with one attached hydrogen (secondary N) is 2. The molecule has 34 heavy (non-hydrogen) atoms. The number of carbonyl (C=O) groups is 3. The Bertz CT molecular complexity index is 1040. The molecule has 2 unspecified atom stereocenters. The molecular weight excluding hydrogens is 436 g/mol. The van der Waals surface area contributed by atoms with Crippen molar-refractivity contribution in [3.8, 4) is 0 Å². The minimum absolute atomic E-state index is 0.133. The zero-order valence-electron chi connectivity index (χ0n) is 20.3. The number of pyridine rings is 1. The third-order valence-electron chi connectivity index (χ3n) is 5.32. The number of ether oxygens (including phenoxy) is 2. The van der Waals surface area contributed by atoms with Crippen molar-refractivity contribution < 1.29 is 23.9 Å². The maximum Gasteiger partial charge on any atom is 0.410 e. The largest absolute Gasteiger partial charge is 0.444 e. The number of aromatic nitrogens is 1. The first-order valence-corrected chi connectivity index (χ1v) is 11.3. The first-order valence-electron chi connectivity index (χ1n) is 11.3. The van der Waals surface area contributed by atoms with Crippen LogP contribution in [0.3, 0.4) is 0 Å². The minimum atomic E-state index is -0.708. The Morgan fingerprint density at radius 1 is 1.15 bits per heavy atom. The molecule has 182 valence electrons. The van der Waals surface area contributed by atoms with Crippen molar-refractivity contribution in [3.05, 3.63) is 65.0 Å². The number of hydrogen-bond acceptors (Lipinski definition) is 6. The molecule has 3 amide bonds. The first-order chi connectivity index (χ1) is 16.1. The fraction of sp³-hybridized carbons (Fsp3) is 0.440. The van der Waals surface area contributed by atoms with Gasteiger partial charge in [-0.1, -0.05) is 37.3 Å². The molecule has 1 aliphatic rings. The fourth-order valence-corrected chi connectivity index (χ4v) is 3.52. The summed E-state index contributed by atoms with van der Waals surface area (Å²) in [7, 11) is 1.51. The van der Waals surface area contributed by atoms with Crippen molar-refractivity contribution in [3.63, 3.8) is 0 Å². The molecule has 1 aromatic heterocycles. The quantitative estimate of drug-likeness (QED) is 0.698. The van der Waals surface area contributed by atoms with Gasteiger partial charge in [0.15, 0.2) is 0 Å². The summed E-state index contributed by atoms with van der Waals surface area (Å²) in [6.45, 7) is 8.15. The van der Waals surface area contributed by atoms with E-state index in [1.807, 2.05) is 37.3 Å². The van der Waals surface area contributed by atoms with Gasteiger partial charge in [-0.2, -0.15) is 0 Å². The second-order valence-corrected chi connectivity index (χ2v) is 9.14. The SMILES string of the molecule is CNC(=O)c1cc(C(=O)NC2CN(C(=O)OC(C)(C)C)CCO2)cc(C(C)c2ccccc2)n1. The lowest BCUT2D eigenvalue weighted by Crippen LogP contribution is -2.53. The average molecular weight is 469 g/mol. The predicted octanol–water partition coefficient (Wildman–Crippen LogP) is 2.92. The van der Waals surface area contributed by atoms with Crippen molar-refractivity contribution in [2.45, 2.75) is 45.4 Å². The first kappa shape index (κ1) is 25.2. The molecule has 2 heterocycles. The summed E-state index contributed by atoms with van der Waals surface area (Å²) in [4.78, 5) is 43.8. The average Bonchev–Trinajstić information content (AvgIpc) is 2.82. The van der Waals surface area contributed by atoms with Crippen molar-refractivity contribution in [2.24, 2.45) is 0 Å². The summed E-state index contributed by atoms with van der Waals surface area (Å²) in [5, 5.41) is 5.36. The predicted molar refractivity (Wildman–Crippen MR) is 127 cm³/mol. The van der Waals surface area contributed by atoms with E-state index < -0.39 is 23.8 Å². The molecule has 1 saturated heterocycles. The Morgan fingerprint density at radius 3 is 2.50 bits per heavy atom. The molecule has 2 atom stereocenters. The molecular formula is C25H32N4O5. The molecule has 1 aliphatic heterocycles. The number of carbonyl (C=O) groups excluding carboxylic acids is 3. The van der Waals surface area contributed by atoms with Crippen LogP contribution < -0.4 is 10.6 Å². The third-order valence-corrected chi connectivity index (χ3v) is 5.32. The Kier molecular flexibility index (Phi) is 7.88. The van der Waals surface area contributed by atoms with Crippen LogP contribution in [0.25, 0.3) is 0 Å². The van der Waals surface area contributed by atoms with Crippen molar-refractivity contribution in [1.82, 2.24) is 20.5 Å². The zero-order valence-corrected chi connectivity index (χ0v) is 20.3. The van der Waals surface area contributed by atoms with E-state index in [2.05, 4.69) is 15.6 Å². The van der Waals surface area contributed by atoms with Gasteiger partial charge in [-0.25, -0.2) is 9.78 Å². The topological polar surface area (TPSA) is 110 Å². The lowest BCUT2D eigenvalue weighted by atomic mass is 9.96. The standard InChI is InChI=1S/C25H32N4O5/c1-16(17-9-7-6-8-10-17)19-13-18(14-20(27-19)23(31)26-5)22(30)28-21-15-29(11-12-33-21)24(32)34-25(2,3)4/h6-10,13-14,16,21H,11-12,15H2,1-5H3,(H,26,31)(H,28,30). The van der Waals surface area contributed by atoms with Gasteiger partial charge in [0.05, 0.1) is 13.2 Å². The molecule has 1 fully saturated rings. The van der Waals surface area contributed by atoms with Crippen LogP contribution in [0.2, 0.25) is 0 Å². The summed E-state index contributed by atoms with van der Waals surface area (Å²) >= 11 is 0. The Balaban J connectivity index is 1.79. The van der Waals surface area contributed by atoms with Crippen LogP contribution in [-0.2, 0) is 9.47 Å². The molecule has 2 N–H and O–H groups in total. The van der Waals surface area contributed by atoms with Crippen LogP contribution in [0.4, 0.5) is 4.79 Å². The monoisotopic (exact) mass is 468 g/mol. The van der Waals surface area contributed by atoms with E-state index in [-0.39, 0.29) is 36.2 Å².